The van der Waals surface area contributed by atoms with Crippen LogP contribution in [0.5, 0.6) is 0 Å². The summed E-state index contributed by atoms with van der Waals surface area (Å²) in [6.45, 7) is 5.55. The largest absolute Gasteiger partial charge is 0.342 e. The maximum absolute atomic E-state index is 11.6. The van der Waals surface area contributed by atoms with E-state index in [1.165, 1.54) is 0 Å². The summed E-state index contributed by atoms with van der Waals surface area (Å²) in [5.74, 6) is 5.42. The molecular weight excluding hydrogens is 178 g/mol. The molecule has 0 spiro atoms. The fourth-order valence-electron chi connectivity index (χ4n) is 1.11. The Labute approximate surface area is 85.6 Å². The van der Waals surface area contributed by atoms with Crippen molar-refractivity contribution in [3.8, 4) is 11.8 Å². The molecule has 80 valence electrons. The topological polar surface area (TPSA) is 72.3 Å². The summed E-state index contributed by atoms with van der Waals surface area (Å²) in [6.07, 6.45) is 0.381. The Bertz CT molecular complexity index is 225. The maximum atomic E-state index is 11.6. The number of likely N-dealkylation sites (N-methyl/N-ethyl adjacent to an activating group) is 1. The molecule has 0 bridgehead atoms. The van der Waals surface area contributed by atoms with Gasteiger partial charge in [0, 0.05) is 19.5 Å². The number of amides is 1. The highest BCUT2D eigenvalue weighted by molar-refractivity contribution is 5.81. The maximum Gasteiger partial charge on any atom is 0.240 e. The fraction of sp³-hybridized carbons (Fsp3) is 0.700. The van der Waals surface area contributed by atoms with Crippen LogP contribution in [0.25, 0.3) is 0 Å². The molecule has 0 saturated carbocycles. The summed E-state index contributed by atoms with van der Waals surface area (Å²) >= 11 is 0. The zero-order chi connectivity index (χ0) is 11.0. The number of nitrogens with zero attached hydrogens (tertiary/aromatic N) is 1. The van der Waals surface area contributed by atoms with Gasteiger partial charge in [0.05, 0.1) is 12.6 Å². The van der Waals surface area contributed by atoms with Gasteiger partial charge in [-0.1, -0.05) is 11.8 Å². The van der Waals surface area contributed by atoms with Crippen LogP contribution in [-0.2, 0) is 4.79 Å². The van der Waals surface area contributed by atoms with Gasteiger partial charge in [-0.15, -0.1) is 0 Å². The van der Waals surface area contributed by atoms with Crippen LogP contribution in [0.3, 0.4) is 0 Å². The van der Waals surface area contributed by atoms with Crippen molar-refractivity contribution in [2.45, 2.75) is 26.3 Å². The highest BCUT2D eigenvalue weighted by atomic mass is 16.2. The normalized spacial score (nSPS) is 11.4. The van der Waals surface area contributed by atoms with Crippen LogP contribution < -0.4 is 11.5 Å². The molecule has 0 saturated heterocycles. The average Bonchev–Trinajstić information content (AvgIpc) is 2.19. The highest BCUT2D eigenvalue weighted by Gasteiger charge is 2.16. The highest BCUT2D eigenvalue weighted by Crippen LogP contribution is 1.96. The molecule has 0 radical (unpaired) electrons. The Morgan fingerprint density at radius 1 is 1.36 bits per heavy atom. The lowest BCUT2D eigenvalue weighted by atomic mass is 10.2. The minimum Gasteiger partial charge on any atom is -0.342 e. The molecule has 0 aliphatic carbocycles. The summed E-state index contributed by atoms with van der Waals surface area (Å²) in [5.41, 5.74) is 10.9. The van der Waals surface area contributed by atoms with E-state index in [1.807, 2.05) is 13.8 Å². The first-order valence-electron chi connectivity index (χ1n) is 4.87. The second kappa shape index (κ2) is 7.36. The van der Waals surface area contributed by atoms with Crippen LogP contribution in [-0.4, -0.2) is 36.5 Å². The SMILES string of the molecule is CCN(CC)C(=O)C(N)CC#CCN. The molecule has 0 heterocycles. The molecule has 4 heteroatoms. The van der Waals surface area contributed by atoms with Gasteiger partial charge in [0.2, 0.25) is 5.91 Å². The molecule has 0 aromatic carbocycles. The molecular formula is C10H19N3O. The van der Waals surface area contributed by atoms with Crippen LogP contribution in [0.15, 0.2) is 0 Å². The zero-order valence-electron chi connectivity index (χ0n) is 8.92. The van der Waals surface area contributed by atoms with E-state index < -0.39 is 6.04 Å². The van der Waals surface area contributed by atoms with Crippen LogP contribution in [0.1, 0.15) is 20.3 Å². The molecule has 0 aliphatic heterocycles. The minimum atomic E-state index is -0.519. The van der Waals surface area contributed by atoms with Gasteiger partial charge in [-0.25, -0.2) is 0 Å². The minimum absolute atomic E-state index is 0.0404. The second-order valence-electron chi connectivity index (χ2n) is 2.88. The number of hydrogen-bond acceptors (Lipinski definition) is 3. The molecule has 0 rings (SSSR count). The van der Waals surface area contributed by atoms with Crippen molar-refractivity contribution in [2.24, 2.45) is 11.5 Å². The van der Waals surface area contributed by atoms with E-state index in [0.717, 1.165) is 0 Å². The van der Waals surface area contributed by atoms with Crippen molar-refractivity contribution in [1.29, 1.82) is 0 Å². The summed E-state index contributed by atoms with van der Waals surface area (Å²) in [7, 11) is 0. The molecule has 0 aromatic heterocycles. The van der Waals surface area contributed by atoms with E-state index in [4.69, 9.17) is 11.5 Å². The quantitative estimate of drug-likeness (QED) is 0.599. The monoisotopic (exact) mass is 197 g/mol. The van der Waals surface area contributed by atoms with Crippen molar-refractivity contribution in [3.63, 3.8) is 0 Å². The van der Waals surface area contributed by atoms with Crippen molar-refractivity contribution in [3.05, 3.63) is 0 Å². The third kappa shape index (κ3) is 4.26. The van der Waals surface area contributed by atoms with E-state index in [-0.39, 0.29) is 5.91 Å². The van der Waals surface area contributed by atoms with Crippen LogP contribution in [0, 0.1) is 11.8 Å². The van der Waals surface area contributed by atoms with Gasteiger partial charge in [0.25, 0.3) is 0 Å². The first kappa shape index (κ1) is 12.9. The Morgan fingerprint density at radius 2 is 1.93 bits per heavy atom. The first-order valence-corrected chi connectivity index (χ1v) is 4.87. The smallest absolute Gasteiger partial charge is 0.240 e. The lowest BCUT2D eigenvalue weighted by Crippen LogP contribution is -2.43. The van der Waals surface area contributed by atoms with Gasteiger partial charge in [0.1, 0.15) is 0 Å². The zero-order valence-corrected chi connectivity index (χ0v) is 8.92. The standard InChI is InChI=1S/C10H19N3O/c1-3-13(4-2)10(14)9(12)7-5-6-8-11/h9H,3-4,7-8,11-12H2,1-2H3. The number of carbonyl (C=O) groups is 1. The molecule has 4 N–H and O–H groups in total. The molecule has 0 aliphatic rings. The van der Waals surface area contributed by atoms with E-state index in [0.29, 0.717) is 26.1 Å². The Hall–Kier alpha value is -1.05. The van der Waals surface area contributed by atoms with E-state index in [1.54, 1.807) is 4.90 Å². The van der Waals surface area contributed by atoms with Crippen LogP contribution in [0.2, 0.25) is 0 Å². The molecule has 0 aromatic rings. The van der Waals surface area contributed by atoms with E-state index in [2.05, 4.69) is 11.8 Å². The predicted octanol–water partition coefficient (Wildman–Crippen LogP) is -0.466. The summed E-state index contributed by atoms with van der Waals surface area (Å²) < 4.78 is 0. The molecule has 14 heavy (non-hydrogen) atoms. The van der Waals surface area contributed by atoms with E-state index >= 15 is 0 Å². The van der Waals surface area contributed by atoms with Crippen LogP contribution >= 0.6 is 0 Å². The van der Waals surface area contributed by atoms with Gasteiger partial charge >= 0.3 is 0 Å². The summed E-state index contributed by atoms with van der Waals surface area (Å²) in [4.78, 5) is 13.3. The fourth-order valence-corrected chi connectivity index (χ4v) is 1.11. The molecule has 1 amide bonds. The van der Waals surface area contributed by atoms with E-state index in [9.17, 15) is 4.79 Å². The van der Waals surface area contributed by atoms with Crippen molar-refractivity contribution >= 4 is 5.91 Å². The number of nitrogens with two attached hydrogens (primary N) is 2. The van der Waals surface area contributed by atoms with Gasteiger partial charge in [-0.3, -0.25) is 4.79 Å². The third-order valence-corrected chi connectivity index (χ3v) is 1.94. The van der Waals surface area contributed by atoms with Crippen molar-refractivity contribution < 1.29 is 4.79 Å². The molecule has 0 fully saturated rings. The number of hydrogen-bond donors (Lipinski definition) is 2. The lowest BCUT2D eigenvalue weighted by Gasteiger charge is -2.21. The Kier molecular flexibility index (Phi) is 6.81. The predicted molar refractivity (Wildman–Crippen MR) is 57.4 cm³/mol. The average molecular weight is 197 g/mol. The molecule has 4 nitrogen and oxygen atoms in total. The van der Waals surface area contributed by atoms with Gasteiger partial charge in [0.15, 0.2) is 0 Å². The Morgan fingerprint density at radius 3 is 2.36 bits per heavy atom. The second-order valence-corrected chi connectivity index (χ2v) is 2.88. The summed E-state index contributed by atoms with van der Waals surface area (Å²) in [5, 5.41) is 0. The van der Waals surface area contributed by atoms with Crippen LogP contribution in [0.4, 0.5) is 0 Å². The first-order chi connectivity index (χ1) is 6.67. The summed E-state index contributed by atoms with van der Waals surface area (Å²) in [6, 6.07) is -0.519. The van der Waals surface area contributed by atoms with Crippen molar-refractivity contribution in [2.75, 3.05) is 19.6 Å². The number of rotatable bonds is 4. The third-order valence-electron chi connectivity index (χ3n) is 1.94. The van der Waals surface area contributed by atoms with Crippen molar-refractivity contribution in [1.82, 2.24) is 4.90 Å². The van der Waals surface area contributed by atoms with Gasteiger partial charge < -0.3 is 16.4 Å². The molecule has 1 unspecified atom stereocenters. The van der Waals surface area contributed by atoms with Gasteiger partial charge in [-0.05, 0) is 13.8 Å². The van der Waals surface area contributed by atoms with Gasteiger partial charge in [-0.2, -0.15) is 0 Å². The Balaban J connectivity index is 4.09. The number of carbonyl (C=O) groups excluding carboxylic acids is 1. The molecule has 1 atom stereocenters. The lowest BCUT2D eigenvalue weighted by molar-refractivity contribution is -0.132.